The summed E-state index contributed by atoms with van der Waals surface area (Å²) in [5.41, 5.74) is 5.25. The number of nitrogens with one attached hydrogen (secondary N) is 1. The first-order chi connectivity index (χ1) is 8.47. The topological polar surface area (TPSA) is 50.9 Å². The zero-order chi connectivity index (χ0) is 13.2. The molecular weight excluding hydrogens is 243 g/mol. The van der Waals surface area contributed by atoms with Gasteiger partial charge in [-0.3, -0.25) is 0 Å². The van der Waals surface area contributed by atoms with Crippen molar-refractivity contribution >= 4 is 5.82 Å². The fourth-order valence-electron chi connectivity index (χ4n) is 2.21. The standard InChI is InChI=1S/C12H16F3N3/c13-12(14,15)8-5-6-17-11(7-8)18-10-4-2-1-3-9(10)16/h5-7,9-10H,1-4,16H2,(H,17,18). The van der Waals surface area contributed by atoms with Crippen LogP contribution in [0, 0.1) is 0 Å². The average Bonchev–Trinajstić information content (AvgIpc) is 2.31. The maximum atomic E-state index is 12.5. The summed E-state index contributed by atoms with van der Waals surface area (Å²) in [4.78, 5) is 3.91. The van der Waals surface area contributed by atoms with Gasteiger partial charge in [0.1, 0.15) is 5.82 Å². The predicted molar refractivity (Wildman–Crippen MR) is 63.1 cm³/mol. The minimum absolute atomic E-state index is 0.00901. The number of pyridine rings is 1. The Morgan fingerprint density at radius 2 is 2.00 bits per heavy atom. The highest BCUT2D eigenvalue weighted by Gasteiger charge is 2.31. The van der Waals surface area contributed by atoms with Crippen molar-refractivity contribution in [1.29, 1.82) is 0 Å². The van der Waals surface area contributed by atoms with E-state index in [2.05, 4.69) is 10.3 Å². The number of anilines is 1. The molecule has 0 amide bonds. The van der Waals surface area contributed by atoms with Gasteiger partial charge in [0.15, 0.2) is 0 Å². The van der Waals surface area contributed by atoms with Crippen LogP contribution < -0.4 is 11.1 Å². The molecule has 0 bridgehead atoms. The van der Waals surface area contributed by atoms with E-state index in [1.165, 1.54) is 6.20 Å². The molecule has 3 N–H and O–H groups in total. The predicted octanol–water partition coefficient (Wildman–Crippen LogP) is 2.78. The molecule has 0 spiro atoms. The lowest BCUT2D eigenvalue weighted by Gasteiger charge is -2.29. The maximum absolute atomic E-state index is 12.5. The smallest absolute Gasteiger partial charge is 0.366 e. The van der Waals surface area contributed by atoms with Gasteiger partial charge in [-0.05, 0) is 25.0 Å². The lowest BCUT2D eigenvalue weighted by atomic mass is 9.91. The van der Waals surface area contributed by atoms with Gasteiger partial charge in [0.2, 0.25) is 0 Å². The van der Waals surface area contributed by atoms with Gasteiger partial charge < -0.3 is 11.1 Å². The highest BCUT2D eigenvalue weighted by Crippen LogP contribution is 2.30. The summed E-state index contributed by atoms with van der Waals surface area (Å²) in [5.74, 6) is 0.243. The first-order valence-electron chi connectivity index (χ1n) is 6.02. The van der Waals surface area contributed by atoms with Crippen molar-refractivity contribution < 1.29 is 13.2 Å². The van der Waals surface area contributed by atoms with Crippen LogP contribution in [0.2, 0.25) is 0 Å². The zero-order valence-electron chi connectivity index (χ0n) is 9.87. The molecule has 2 atom stereocenters. The second-order valence-electron chi connectivity index (χ2n) is 4.63. The lowest BCUT2D eigenvalue weighted by molar-refractivity contribution is -0.137. The Hall–Kier alpha value is -1.30. The molecule has 2 rings (SSSR count). The average molecular weight is 259 g/mol. The van der Waals surface area contributed by atoms with Gasteiger partial charge in [0.25, 0.3) is 0 Å². The van der Waals surface area contributed by atoms with Crippen LogP contribution in [0.4, 0.5) is 19.0 Å². The number of alkyl halides is 3. The Bertz CT molecular complexity index is 406. The molecule has 0 saturated heterocycles. The van der Waals surface area contributed by atoms with Gasteiger partial charge in [-0.2, -0.15) is 13.2 Å². The first-order valence-corrected chi connectivity index (χ1v) is 6.02. The van der Waals surface area contributed by atoms with E-state index >= 15 is 0 Å². The number of hydrogen-bond acceptors (Lipinski definition) is 3. The Balaban J connectivity index is 2.09. The number of hydrogen-bond donors (Lipinski definition) is 2. The van der Waals surface area contributed by atoms with E-state index < -0.39 is 11.7 Å². The van der Waals surface area contributed by atoms with E-state index in [1.54, 1.807) is 0 Å². The maximum Gasteiger partial charge on any atom is 0.416 e. The molecule has 1 aromatic rings. The Kier molecular flexibility index (Phi) is 3.75. The molecule has 0 aromatic carbocycles. The summed E-state index contributed by atoms with van der Waals surface area (Å²) < 4.78 is 37.6. The summed E-state index contributed by atoms with van der Waals surface area (Å²) >= 11 is 0. The van der Waals surface area contributed by atoms with Gasteiger partial charge in [-0.1, -0.05) is 12.8 Å². The molecule has 1 saturated carbocycles. The molecule has 1 aliphatic carbocycles. The van der Waals surface area contributed by atoms with Crippen LogP contribution in [-0.2, 0) is 6.18 Å². The van der Waals surface area contributed by atoms with Gasteiger partial charge in [0, 0.05) is 18.3 Å². The van der Waals surface area contributed by atoms with E-state index in [-0.39, 0.29) is 17.9 Å². The molecule has 18 heavy (non-hydrogen) atoms. The van der Waals surface area contributed by atoms with Crippen molar-refractivity contribution in [2.75, 3.05) is 5.32 Å². The molecule has 100 valence electrons. The third-order valence-electron chi connectivity index (χ3n) is 3.24. The number of halogens is 3. The normalized spacial score (nSPS) is 24.9. The Labute approximate surface area is 104 Å². The van der Waals surface area contributed by atoms with Gasteiger partial charge >= 0.3 is 6.18 Å². The van der Waals surface area contributed by atoms with Crippen LogP contribution in [0.5, 0.6) is 0 Å². The van der Waals surface area contributed by atoms with Crippen molar-refractivity contribution in [2.24, 2.45) is 5.73 Å². The van der Waals surface area contributed by atoms with Crippen LogP contribution in [-0.4, -0.2) is 17.1 Å². The molecule has 0 radical (unpaired) electrons. The monoisotopic (exact) mass is 259 g/mol. The lowest BCUT2D eigenvalue weighted by Crippen LogP contribution is -2.42. The van der Waals surface area contributed by atoms with E-state index in [1.807, 2.05) is 0 Å². The van der Waals surface area contributed by atoms with Crippen LogP contribution in [0.3, 0.4) is 0 Å². The third-order valence-corrected chi connectivity index (χ3v) is 3.24. The second-order valence-corrected chi connectivity index (χ2v) is 4.63. The van der Waals surface area contributed by atoms with Crippen molar-refractivity contribution in [1.82, 2.24) is 4.98 Å². The van der Waals surface area contributed by atoms with Crippen LogP contribution in [0.15, 0.2) is 18.3 Å². The van der Waals surface area contributed by atoms with Gasteiger partial charge in [-0.25, -0.2) is 4.98 Å². The van der Waals surface area contributed by atoms with E-state index in [0.29, 0.717) is 0 Å². The Morgan fingerprint density at radius 3 is 2.67 bits per heavy atom. The molecule has 0 aliphatic heterocycles. The van der Waals surface area contributed by atoms with E-state index in [4.69, 9.17) is 5.73 Å². The molecule has 2 unspecified atom stereocenters. The van der Waals surface area contributed by atoms with Crippen LogP contribution >= 0.6 is 0 Å². The van der Waals surface area contributed by atoms with Gasteiger partial charge in [0.05, 0.1) is 5.56 Å². The van der Waals surface area contributed by atoms with Crippen LogP contribution in [0.1, 0.15) is 31.2 Å². The largest absolute Gasteiger partial charge is 0.416 e. The molecular formula is C12H16F3N3. The fourth-order valence-corrected chi connectivity index (χ4v) is 2.21. The van der Waals surface area contributed by atoms with Gasteiger partial charge in [-0.15, -0.1) is 0 Å². The molecule has 6 heteroatoms. The third kappa shape index (κ3) is 3.13. The van der Waals surface area contributed by atoms with Crippen molar-refractivity contribution in [2.45, 2.75) is 43.9 Å². The molecule has 1 fully saturated rings. The van der Waals surface area contributed by atoms with E-state index in [9.17, 15) is 13.2 Å². The van der Waals surface area contributed by atoms with Crippen molar-refractivity contribution in [3.05, 3.63) is 23.9 Å². The Morgan fingerprint density at radius 1 is 1.28 bits per heavy atom. The molecule has 3 nitrogen and oxygen atoms in total. The quantitative estimate of drug-likeness (QED) is 0.858. The number of nitrogens with zero attached hydrogens (tertiary/aromatic N) is 1. The van der Waals surface area contributed by atoms with Crippen molar-refractivity contribution in [3.63, 3.8) is 0 Å². The van der Waals surface area contributed by atoms with Crippen LogP contribution in [0.25, 0.3) is 0 Å². The number of nitrogens with two attached hydrogens (primary N) is 1. The number of rotatable bonds is 2. The second kappa shape index (κ2) is 5.14. The minimum atomic E-state index is -4.34. The SMILES string of the molecule is NC1CCCCC1Nc1cc(C(F)(F)F)ccn1. The fraction of sp³-hybridized carbons (Fsp3) is 0.583. The molecule has 1 aromatic heterocycles. The summed E-state index contributed by atoms with van der Waals surface area (Å²) in [5, 5.41) is 3.01. The summed E-state index contributed by atoms with van der Waals surface area (Å²) in [6, 6.07) is 1.98. The molecule has 1 aliphatic rings. The van der Waals surface area contributed by atoms with E-state index in [0.717, 1.165) is 37.8 Å². The summed E-state index contributed by atoms with van der Waals surface area (Å²) in [6.45, 7) is 0. The molecule has 1 heterocycles. The minimum Gasteiger partial charge on any atom is -0.366 e. The highest BCUT2D eigenvalue weighted by atomic mass is 19.4. The zero-order valence-corrected chi connectivity index (χ0v) is 9.87. The summed E-state index contributed by atoms with van der Waals surface area (Å²) in [6.07, 6.45) is 0.725. The summed E-state index contributed by atoms with van der Waals surface area (Å²) in [7, 11) is 0. The first kappa shape index (κ1) is 13.1. The highest BCUT2D eigenvalue weighted by molar-refractivity contribution is 5.40. The number of aromatic nitrogens is 1. The van der Waals surface area contributed by atoms with Crippen molar-refractivity contribution in [3.8, 4) is 0 Å².